The maximum absolute atomic E-state index is 11.3. The molecule has 2 N–H and O–H groups in total. The van der Waals surface area contributed by atoms with Crippen LogP contribution in [0, 0.1) is 5.92 Å². The van der Waals surface area contributed by atoms with Gasteiger partial charge in [-0.2, -0.15) is 0 Å². The zero-order chi connectivity index (χ0) is 19.5. The van der Waals surface area contributed by atoms with Gasteiger partial charge in [-0.15, -0.1) is 0 Å². The third-order valence-electron chi connectivity index (χ3n) is 5.95. The molecule has 0 aliphatic carbocycles. The number of benzene rings is 2. The molecule has 2 aliphatic heterocycles. The van der Waals surface area contributed by atoms with Crippen LogP contribution < -0.4 is 4.90 Å². The van der Waals surface area contributed by atoms with Crippen molar-refractivity contribution in [1.29, 1.82) is 0 Å². The topological polar surface area (TPSA) is 64.0 Å². The Hall–Kier alpha value is -2.37. The van der Waals surface area contributed by atoms with Crippen molar-refractivity contribution < 1.29 is 15.0 Å². The summed E-state index contributed by atoms with van der Waals surface area (Å²) in [4.78, 5) is 15.7. The highest BCUT2D eigenvalue weighted by Gasteiger charge is 2.28. The molecule has 1 fully saturated rings. The molecule has 2 heterocycles. The molecule has 148 valence electrons. The van der Waals surface area contributed by atoms with Crippen LogP contribution in [0.2, 0.25) is 0 Å². The minimum Gasteiger partial charge on any atom is -0.481 e. The molecule has 0 spiro atoms. The minimum absolute atomic E-state index is 0.319. The van der Waals surface area contributed by atoms with E-state index in [1.165, 1.54) is 11.1 Å². The van der Waals surface area contributed by atoms with Gasteiger partial charge in [-0.1, -0.05) is 36.4 Å². The van der Waals surface area contributed by atoms with Crippen molar-refractivity contribution in [2.75, 3.05) is 31.1 Å². The van der Waals surface area contributed by atoms with Crippen molar-refractivity contribution in [3.05, 3.63) is 59.7 Å². The number of carboxylic acid groups (broad SMARTS) is 1. The van der Waals surface area contributed by atoms with Gasteiger partial charge in [0.15, 0.2) is 0 Å². The summed E-state index contributed by atoms with van der Waals surface area (Å²) in [6, 6.07) is 16.8. The van der Waals surface area contributed by atoms with E-state index in [0.29, 0.717) is 19.6 Å². The average Bonchev–Trinajstić information content (AvgIpc) is 2.86. The molecule has 0 aromatic heterocycles. The number of aliphatic hydroxyl groups is 1. The predicted molar refractivity (Wildman–Crippen MR) is 110 cm³/mol. The number of para-hydroxylation sites is 2. The van der Waals surface area contributed by atoms with E-state index < -0.39 is 12.1 Å². The molecule has 28 heavy (non-hydrogen) atoms. The molecule has 2 atom stereocenters. The third kappa shape index (κ3) is 4.05. The molecular weight excluding hydrogens is 352 g/mol. The van der Waals surface area contributed by atoms with Crippen LogP contribution in [0.25, 0.3) is 0 Å². The number of carboxylic acids is 1. The van der Waals surface area contributed by atoms with Crippen LogP contribution in [-0.2, 0) is 17.6 Å². The molecule has 5 nitrogen and oxygen atoms in total. The Morgan fingerprint density at radius 3 is 2.21 bits per heavy atom. The standard InChI is InChI=1S/C23H28N2O3/c26-20(15-24-13-5-8-19(14-24)23(27)28)16-25-21-9-3-1-6-17(21)11-12-18-7-2-4-10-22(18)25/h1-4,6-7,9-10,19-20,26H,5,8,11-16H2,(H,27,28). The van der Waals surface area contributed by atoms with Crippen LogP contribution in [0.15, 0.2) is 48.5 Å². The first-order valence-corrected chi connectivity index (χ1v) is 10.2. The van der Waals surface area contributed by atoms with Crippen LogP contribution in [0.5, 0.6) is 0 Å². The van der Waals surface area contributed by atoms with Gasteiger partial charge in [-0.3, -0.25) is 9.69 Å². The molecule has 0 bridgehead atoms. The predicted octanol–water partition coefficient (Wildman–Crippen LogP) is 3.08. The summed E-state index contributed by atoms with van der Waals surface area (Å²) < 4.78 is 0. The number of likely N-dealkylation sites (tertiary alicyclic amines) is 1. The van der Waals surface area contributed by atoms with Gasteiger partial charge in [0, 0.05) is 24.5 Å². The number of aliphatic hydroxyl groups excluding tert-OH is 1. The zero-order valence-corrected chi connectivity index (χ0v) is 16.1. The molecule has 2 aliphatic rings. The number of rotatable bonds is 5. The summed E-state index contributed by atoms with van der Waals surface area (Å²) in [5.74, 6) is -1.05. The maximum atomic E-state index is 11.3. The summed E-state index contributed by atoms with van der Waals surface area (Å²) in [5.41, 5.74) is 4.92. The first kappa shape index (κ1) is 19.0. The van der Waals surface area contributed by atoms with Crippen LogP contribution in [0.3, 0.4) is 0 Å². The fourth-order valence-corrected chi connectivity index (χ4v) is 4.56. The SMILES string of the molecule is O=C(O)C1CCCN(CC(O)CN2c3ccccc3CCc3ccccc32)C1. The molecule has 0 saturated carbocycles. The summed E-state index contributed by atoms with van der Waals surface area (Å²) >= 11 is 0. The molecule has 2 aromatic carbocycles. The summed E-state index contributed by atoms with van der Waals surface area (Å²) in [6.45, 7) is 2.39. The highest BCUT2D eigenvalue weighted by atomic mass is 16.4. The fraction of sp³-hybridized carbons (Fsp3) is 0.435. The third-order valence-corrected chi connectivity index (χ3v) is 5.95. The van der Waals surface area contributed by atoms with Gasteiger partial charge in [0.1, 0.15) is 0 Å². The second kappa shape index (κ2) is 8.33. The largest absolute Gasteiger partial charge is 0.481 e. The van der Waals surface area contributed by atoms with Crippen LogP contribution in [-0.4, -0.2) is 53.4 Å². The van der Waals surface area contributed by atoms with E-state index in [1.54, 1.807) is 0 Å². The molecule has 1 saturated heterocycles. The number of fused-ring (bicyclic) bond motifs is 2. The molecule has 2 unspecified atom stereocenters. The van der Waals surface area contributed by atoms with Gasteiger partial charge in [-0.05, 0) is 55.5 Å². The first-order valence-electron chi connectivity index (χ1n) is 10.2. The van der Waals surface area contributed by atoms with Crippen LogP contribution >= 0.6 is 0 Å². The second-order valence-corrected chi connectivity index (χ2v) is 7.96. The highest BCUT2D eigenvalue weighted by Crippen LogP contribution is 2.36. The van der Waals surface area contributed by atoms with Crippen molar-refractivity contribution in [1.82, 2.24) is 4.90 Å². The Morgan fingerprint density at radius 2 is 1.61 bits per heavy atom. The van der Waals surface area contributed by atoms with Gasteiger partial charge in [0.2, 0.25) is 0 Å². The first-order chi connectivity index (χ1) is 13.6. The number of carbonyl (C=O) groups is 1. The molecule has 2 aromatic rings. The summed E-state index contributed by atoms with van der Waals surface area (Å²) in [5, 5.41) is 20.2. The molecule has 0 amide bonds. The Morgan fingerprint density at radius 1 is 1.00 bits per heavy atom. The molecule has 5 heteroatoms. The Labute approximate surface area is 166 Å². The summed E-state index contributed by atoms with van der Waals surface area (Å²) in [7, 11) is 0. The van der Waals surface area contributed by atoms with Crippen LogP contribution in [0.4, 0.5) is 11.4 Å². The van der Waals surface area contributed by atoms with Crippen molar-refractivity contribution >= 4 is 17.3 Å². The fourth-order valence-electron chi connectivity index (χ4n) is 4.56. The second-order valence-electron chi connectivity index (χ2n) is 7.96. The van der Waals surface area contributed by atoms with E-state index >= 15 is 0 Å². The monoisotopic (exact) mass is 380 g/mol. The van der Waals surface area contributed by atoms with Crippen molar-refractivity contribution in [2.24, 2.45) is 5.92 Å². The minimum atomic E-state index is -0.727. The van der Waals surface area contributed by atoms with Crippen molar-refractivity contribution in [2.45, 2.75) is 31.8 Å². The molecular formula is C23H28N2O3. The zero-order valence-electron chi connectivity index (χ0n) is 16.1. The summed E-state index contributed by atoms with van der Waals surface area (Å²) in [6.07, 6.45) is 3.04. The Kier molecular flexibility index (Phi) is 5.64. The number of aliphatic carboxylic acids is 1. The number of piperidine rings is 1. The van der Waals surface area contributed by atoms with Gasteiger partial charge in [0.05, 0.1) is 18.6 Å². The van der Waals surface area contributed by atoms with Gasteiger partial charge in [-0.25, -0.2) is 0 Å². The average molecular weight is 380 g/mol. The molecule has 0 radical (unpaired) electrons. The van der Waals surface area contributed by atoms with Crippen molar-refractivity contribution in [3.8, 4) is 0 Å². The van der Waals surface area contributed by atoms with E-state index in [1.807, 2.05) is 12.1 Å². The van der Waals surface area contributed by atoms with Gasteiger partial charge >= 0.3 is 5.97 Å². The van der Waals surface area contributed by atoms with Gasteiger partial charge in [0.25, 0.3) is 0 Å². The lowest BCUT2D eigenvalue weighted by atomic mass is 9.98. The highest BCUT2D eigenvalue weighted by molar-refractivity contribution is 5.71. The van der Waals surface area contributed by atoms with Gasteiger partial charge < -0.3 is 15.1 Å². The van der Waals surface area contributed by atoms with E-state index in [-0.39, 0.29) is 5.92 Å². The lowest BCUT2D eigenvalue weighted by Crippen LogP contribution is -2.45. The maximum Gasteiger partial charge on any atom is 0.307 e. The lowest BCUT2D eigenvalue weighted by molar-refractivity contribution is -0.143. The van der Waals surface area contributed by atoms with E-state index in [2.05, 4.69) is 46.2 Å². The number of nitrogens with zero attached hydrogens (tertiary/aromatic N) is 2. The van der Waals surface area contributed by atoms with Crippen molar-refractivity contribution in [3.63, 3.8) is 0 Å². The van der Waals surface area contributed by atoms with E-state index in [4.69, 9.17) is 0 Å². The normalized spacial score (nSPS) is 20.8. The number of β-amino-alcohol motifs (C(OH)–C–C–N with tert-alkyl or cyclic N) is 1. The van der Waals surface area contributed by atoms with E-state index in [9.17, 15) is 15.0 Å². The number of anilines is 2. The quantitative estimate of drug-likeness (QED) is 0.835. The van der Waals surface area contributed by atoms with Crippen LogP contribution in [0.1, 0.15) is 24.0 Å². The lowest BCUT2D eigenvalue weighted by Gasteiger charge is -2.34. The molecule has 4 rings (SSSR count). The smallest absolute Gasteiger partial charge is 0.307 e. The number of aryl methyl sites for hydroxylation is 2. The Balaban J connectivity index is 1.53. The Bertz CT molecular complexity index is 791. The number of hydrogen-bond donors (Lipinski definition) is 2. The number of hydrogen-bond acceptors (Lipinski definition) is 4. The van der Waals surface area contributed by atoms with E-state index in [0.717, 1.165) is 43.6 Å².